The normalized spacial score (nSPS) is 11.1. The topological polar surface area (TPSA) is 80.3 Å². The molecule has 2 aromatic rings. The SMILES string of the molecule is CCCCS(=O)(=O)Nc1ccc(Nc2cc(C)ccc2OC)nc1. The minimum absolute atomic E-state index is 0.115. The van der Waals surface area contributed by atoms with E-state index >= 15 is 0 Å². The number of rotatable bonds is 8. The summed E-state index contributed by atoms with van der Waals surface area (Å²) in [5.74, 6) is 1.44. The summed E-state index contributed by atoms with van der Waals surface area (Å²) in [6.45, 7) is 3.95. The summed E-state index contributed by atoms with van der Waals surface area (Å²) in [5, 5.41) is 3.18. The number of ether oxygens (including phenoxy) is 1. The highest BCUT2D eigenvalue weighted by Crippen LogP contribution is 2.28. The van der Waals surface area contributed by atoms with Crippen LogP contribution in [-0.4, -0.2) is 26.3 Å². The number of hydrogen-bond donors (Lipinski definition) is 2. The summed E-state index contributed by atoms with van der Waals surface area (Å²) in [5.41, 5.74) is 2.35. The average Bonchev–Trinajstić information content (AvgIpc) is 2.55. The van der Waals surface area contributed by atoms with Gasteiger partial charge in [-0.15, -0.1) is 0 Å². The number of unbranched alkanes of at least 4 members (excludes halogenated alkanes) is 1. The van der Waals surface area contributed by atoms with Gasteiger partial charge in [0.2, 0.25) is 10.0 Å². The van der Waals surface area contributed by atoms with Crippen LogP contribution in [0.2, 0.25) is 0 Å². The van der Waals surface area contributed by atoms with Crippen molar-refractivity contribution >= 4 is 27.2 Å². The van der Waals surface area contributed by atoms with Crippen LogP contribution in [0.3, 0.4) is 0 Å². The first-order valence-electron chi connectivity index (χ1n) is 7.81. The highest BCUT2D eigenvalue weighted by atomic mass is 32.2. The van der Waals surface area contributed by atoms with Gasteiger partial charge in [-0.05, 0) is 43.2 Å². The van der Waals surface area contributed by atoms with Gasteiger partial charge in [-0.3, -0.25) is 4.72 Å². The Kier molecular flexibility index (Phi) is 6.03. The van der Waals surface area contributed by atoms with Crippen molar-refractivity contribution in [2.75, 3.05) is 22.9 Å². The quantitative estimate of drug-likeness (QED) is 0.760. The Hall–Kier alpha value is -2.28. The molecule has 1 aromatic carbocycles. The van der Waals surface area contributed by atoms with Crippen LogP contribution in [0.15, 0.2) is 36.5 Å². The second-order valence-corrected chi connectivity index (χ2v) is 7.38. The Balaban J connectivity index is 2.09. The number of methoxy groups -OCH3 is 1. The molecule has 24 heavy (non-hydrogen) atoms. The van der Waals surface area contributed by atoms with Gasteiger partial charge in [-0.25, -0.2) is 13.4 Å². The molecular weight excluding hydrogens is 326 g/mol. The number of aryl methyl sites for hydroxylation is 1. The van der Waals surface area contributed by atoms with Crippen molar-refractivity contribution in [2.45, 2.75) is 26.7 Å². The van der Waals surface area contributed by atoms with Gasteiger partial charge in [0, 0.05) is 0 Å². The minimum Gasteiger partial charge on any atom is -0.495 e. The molecule has 0 saturated heterocycles. The van der Waals surface area contributed by atoms with Crippen molar-refractivity contribution < 1.29 is 13.2 Å². The lowest BCUT2D eigenvalue weighted by Gasteiger charge is -2.12. The summed E-state index contributed by atoms with van der Waals surface area (Å²) in [7, 11) is -1.71. The molecule has 0 fully saturated rings. The lowest BCUT2D eigenvalue weighted by atomic mass is 10.2. The molecular formula is C17H23N3O3S. The molecule has 1 heterocycles. The van der Waals surface area contributed by atoms with Crippen LogP contribution in [0.5, 0.6) is 5.75 Å². The van der Waals surface area contributed by atoms with Crippen molar-refractivity contribution in [3.05, 3.63) is 42.1 Å². The maximum absolute atomic E-state index is 11.9. The molecule has 0 spiro atoms. The van der Waals surface area contributed by atoms with Crippen molar-refractivity contribution in [2.24, 2.45) is 0 Å². The number of nitrogens with one attached hydrogen (secondary N) is 2. The number of benzene rings is 1. The fourth-order valence-electron chi connectivity index (χ4n) is 2.15. The molecule has 0 amide bonds. The van der Waals surface area contributed by atoms with E-state index in [2.05, 4.69) is 15.0 Å². The predicted molar refractivity (Wildman–Crippen MR) is 97.6 cm³/mol. The van der Waals surface area contributed by atoms with Crippen molar-refractivity contribution in [3.63, 3.8) is 0 Å². The van der Waals surface area contributed by atoms with E-state index in [-0.39, 0.29) is 5.75 Å². The van der Waals surface area contributed by atoms with E-state index in [1.54, 1.807) is 19.2 Å². The van der Waals surface area contributed by atoms with Crippen LogP contribution in [0.25, 0.3) is 0 Å². The fraction of sp³-hybridized carbons (Fsp3) is 0.353. The smallest absolute Gasteiger partial charge is 0.232 e. The van der Waals surface area contributed by atoms with Crippen LogP contribution in [0, 0.1) is 6.92 Å². The van der Waals surface area contributed by atoms with Crippen LogP contribution in [0.4, 0.5) is 17.2 Å². The summed E-state index contributed by atoms with van der Waals surface area (Å²) in [6.07, 6.45) is 2.96. The number of nitrogens with zero attached hydrogens (tertiary/aromatic N) is 1. The van der Waals surface area contributed by atoms with Crippen LogP contribution >= 0.6 is 0 Å². The number of sulfonamides is 1. The molecule has 0 aliphatic heterocycles. The molecule has 0 unspecified atom stereocenters. The lowest BCUT2D eigenvalue weighted by Crippen LogP contribution is -2.16. The molecule has 6 nitrogen and oxygen atoms in total. The molecule has 0 radical (unpaired) electrons. The fourth-order valence-corrected chi connectivity index (χ4v) is 3.40. The summed E-state index contributed by atoms with van der Waals surface area (Å²) in [6, 6.07) is 9.21. The third-order valence-corrected chi connectivity index (χ3v) is 4.79. The van der Waals surface area contributed by atoms with Gasteiger partial charge < -0.3 is 10.1 Å². The van der Waals surface area contributed by atoms with Crippen molar-refractivity contribution in [1.82, 2.24) is 4.98 Å². The molecule has 0 bridgehead atoms. The Bertz CT molecular complexity index is 774. The van der Waals surface area contributed by atoms with Gasteiger partial charge in [-0.1, -0.05) is 19.4 Å². The van der Waals surface area contributed by atoms with E-state index in [1.807, 2.05) is 32.0 Å². The first-order valence-corrected chi connectivity index (χ1v) is 9.47. The Labute approximate surface area is 143 Å². The highest BCUT2D eigenvalue weighted by Gasteiger charge is 2.10. The maximum Gasteiger partial charge on any atom is 0.232 e. The van der Waals surface area contributed by atoms with E-state index < -0.39 is 10.0 Å². The van der Waals surface area contributed by atoms with E-state index in [9.17, 15) is 8.42 Å². The lowest BCUT2D eigenvalue weighted by molar-refractivity contribution is 0.416. The largest absolute Gasteiger partial charge is 0.495 e. The van der Waals surface area contributed by atoms with Crippen molar-refractivity contribution in [1.29, 1.82) is 0 Å². The first-order chi connectivity index (χ1) is 11.4. The van der Waals surface area contributed by atoms with Gasteiger partial charge in [-0.2, -0.15) is 0 Å². The second-order valence-electron chi connectivity index (χ2n) is 5.54. The average molecular weight is 349 g/mol. The minimum atomic E-state index is -3.32. The third-order valence-electron chi connectivity index (χ3n) is 3.42. The molecule has 1 aromatic heterocycles. The molecule has 2 N–H and O–H groups in total. The zero-order valence-electron chi connectivity index (χ0n) is 14.2. The van der Waals surface area contributed by atoms with E-state index in [4.69, 9.17) is 4.74 Å². The van der Waals surface area contributed by atoms with E-state index in [1.165, 1.54) is 6.20 Å². The molecule has 0 atom stereocenters. The van der Waals surface area contributed by atoms with E-state index in [0.29, 0.717) is 23.7 Å². The molecule has 2 rings (SSSR count). The summed E-state index contributed by atoms with van der Waals surface area (Å²) < 4.78 is 31.6. The molecule has 7 heteroatoms. The van der Waals surface area contributed by atoms with Gasteiger partial charge in [0.05, 0.1) is 30.4 Å². The Morgan fingerprint density at radius 3 is 2.62 bits per heavy atom. The van der Waals surface area contributed by atoms with Gasteiger partial charge in [0.1, 0.15) is 11.6 Å². The van der Waals surface area contributed by atoms with Crippen LogP contribution in [-0.2, 0) is 10.0 Å². The van der Waals surface area contributed by atoms with Crippen LogP contribution in [0.1, 0.15) is 25.3 Å². The summed E-state index contributed by atoms with van der Waals surface area (Å²) >= 11 is 0. The molecule has 130 valence electrons. The zero-order chi connectivity index (χ0) is 17.6. The third kappa shape index (κ3) is 5.13. The first kappa shape index (κ1) is 18.1. The second kappa shape index (κ2) is 8.01. The number of aromatic nitrogens is 1. The van der Waals surface area contributed by atoms with E-state index in [0.717, 1.165) is 17.7 Å². The number of anilines is 3. The van der Waals surface area contributed by atoms with Gasteiger partial charge in [0.25, 0.3) is 0 Å². The predicted octanol–water partition coefficient (Wildman–Crippen LogP) is 3.68. The summed E-state index contributed by atoms with van der Waals surface area (Å²) in [4.78, 5) is 4.25. The molecule has 0 saturated carbocycles. The highest BCUT2D eigenvalue weighted by molar-refractivity contribution is 7.92. The van der Waals surface area contributed by atoms with Crippen LogP contribution < -0.4 is 14.8 Å². The standard InChI is InChI=1S/C17H23N3O3S/c1-4-5-10-24(21,22)20-14-7-9-17(18-12-14)19-15-11-13(2)6-8-16(15)23-3/h6-9,11-12,20H,4-5,10H2,1-3H3,(H,18,19). The number of hydrogen-bond acceptors (Lipinski definition) is 5. The molecule has 0 aliphatic carbocycles. The van der Waals surface area contributed by atoms with Gasteiger partial charge >= 0.3 is 0 Å². The zero-order valence-corrected chi connectivity index (χ0v) is 15.0. The Morgan fingerprint density at radius 1 is 1.21 bits per heavy atom. The molecule has 0 aliphatic rings. The van der Waals surface area contributed by atoms with Crippen molar-refractivity contribution in [3.8, 4) is 5.75 Å². The Morgan fingerprint density at radius 2 is 2.00 bits per heavy atom. The van der Waals surface area contributed by atoms with Gasteiger partial charge in [0.15, 0.2) is 0 Å². The monoisotopic (exact) mass is 349 g/mol. The maximum atomic E-state index is 11.9. The number of pyridine rings is 1.